The number of ether oxygens (including phenoxy) is 1. The second-order valence-corrected chi connectivity index (χ2v) is 14.6. The highest BCUT2D eigenvalue weighted by molar-refractivity contribution is 6.32. The van der Waals surface area contributed by atoms with Crippen LogP contribution in [0.15, 0.2) is 60.0 Å². The lowest BCUT2D eigenvalue weighted by molar-refractivity contribution is -0.150. The first-order chi connectivity index (χ1) is 24.9. The van der Waals surface area contributed by atoms with Gasteiger partial charge >= 0.3 is 12.3 Å². The number of hydrogen-bond donors (Lipinski definition) is 2. The minimum atomic E-state index is -4.76. The van der Waals surface area contributed by atoms with Gasteiger partial charge in [-0.3, -0.25) is 9.69 Å². The Hall–Kier alpha value is -5.13. The number of rotatable bonds is 11. The average molecular weight is 763 g/mol. The van der Waals surface area contributed by atoms with E-state index in [2.05, 4.69) is 20.4 Å². The lowest BCUT2D eigenvalue weighted by Gasteiger charge is -2.35. The molecule has 1 fully saturated rings. The van der Waals surface area contributed by atoms with Gasteiger partial charge < -0.3 is 15.8 Å². The maximum Gasteiger partial charge on any atom is 0.408 e. The van der Waals surface area contributed by atoms with Crippen LogP contribution in [0.4, 0.5) is 26.7 Å². The summed E-state index contributed by atoms with van der Waals surface area (Å²) in [5, 5.41) is 14.1. The molecule has 2 aromatic carbocycles. The van der Waals surface area contributed by atoms with Gasteiger partial charge in [0.25, 0.3) is 12.3 Å². The van der Waals surface area contributed by atoms with Crippen LogP contribution >= 0.6 is 11.6 Å². The molecule has 13 nitrogen and oxygen atoms in total. The molecule has 2 aromatic heterocycles. The first kappa shape index (κ1) is 37.6. The zero-order chi connectivity index (χ0) is 38.5. The van der Waals surface area contributed by atoms with Gasteiger partial charge in [-0.2, -0.15) is 18.3 Å². The normalized spacial score (nSPS) is 19.0. The van der Waals surface area contributed by atoms with Crippen LogP contribution in [0.5, 0.6) is 0 Å². The minimum Gasteiger partial charge on any atom is -0.447 e. The third kappa shape index (κ3) is 7.82. The highest BCUT2D eigenvalue weighted by Gasteiger charge is 2.53. The number of halogens is 6. The standard InChI is InChI=1S/C34H36ClF5N10O3/c1-18(34(38,39)40)44-31(52)53-15-26(20-7-12-23(35)25(13-20)50-28(27(36)37)42-17-43-50)49-29(51)33(45-30(49)41,16-32(2,3)4)21-8-5-19(6-9-21)24-14-48(47-46-24)22-10-11-22/h5-9,12-14,17-18,22,26-27H,10-11,15-16H2,1-4H3,(H2,41,45)(H,44,52)/t18-,26?,33+/m0/s1. The molecule has 4 aromatic rings. The Kier molecular flexibility index (Phi) is 9.95. The predicted octanol–water partition coefficient (Wildman–Crippen LogP) is 6.66. The van der Waals surface area contributed by atoms with E-state index in [1.165, 1.54) is 18.2 Å². The smallest absolute Gasteiger partial charge is 0.408 e. The van der Waals surface area contributed by atoms with Crippen molar-refractivity contribution in [3.63, 3.8) is 0 Å². The van der Waals surface area contributed by atoms with E-state index in [-0.39, 0.29) is 28.7 Å². The molecule has 3 N–H and O–H groups in total. The largest absolute Gasteiger partial charge is 0.447 e. The summed E-state index contributed by atoms with van der Waals surface area (Å²) in [6.07, 6.45) is -4.23. The molecule has 0 spiro atoms. The van der Waals surface area contributed by atoms with Crippen LogP contribution in [0.25, 0.3) is 16.9 Å². The van der Waals surface area contributed by atoms with Gasteiger partial charge in [-0.15, -0.1) is 5.10 Å². The summed E-state index contributed by atoms with van der Waals surface area (Å²) in [4.78, 5) is 37.0. The molecule has 19 heteroatoms. The van der Waals surface area contributed by atoms with E-state index in [0.717, 1.165) is 41.2 Å². The van der Waals surface area contributed by atoms with Crippen molar-refractivity contribution in [3.8, 4) is 16.9 Å². The Labute approximate surface area is 305 Å². The molecule has 282 valence electrons. The zero-order valence-electron chi connectivity index (χ0n) is 29.0. The van der Waals surface area contributed by atoms with Gasteiger partial charge in [0.15, 0.2) is 17.3 Å². The Morgan fingerprint density at radius 2 is 1.83 bits per heavy atom. The SMILES string of the molecule is C[C@H](NC(=O)OCC(c1ccc(Cl)c(-n2ncnc2C(F)F)c1)N1C(=O)[C@@](CC(C)(C)C)(c2ccc(-c3cn(C4CC4)nn3)cc2)N=C1N)C(F)(F)F. The monoisotopic (exact) mass is 762 g/mol. The van der Waals surface area contributed by atoms with E-state index in [9.17, 15) is 31.5 Å². The molecular formula is C34H36ClF5N10O3. The van der Waals surface area contributed by atoms with Crippen molar-refractivity contribution in [2.75, 3.05) is 6.61 Å². The van der Waals surface area contributed by atoms with Gasteiger partial charge in [-0.25, -0.2) is 32.9 Å². The number of hydrogen-bond acceptors (Lipinski definition) is 9. The maximum absolute atomic E-state index is 14.9. The van der Waals surface area contributed by atoms with Gasteiger partial charge in [-0.1, -0.05) is 67.9 Å². The number of benzene rings is 2. The van der Waals surface area contributed by atoms with Gasteiger partial charge in [0.1, 0.15) is 24.7 Å². The molecule has 2 amide bonds. The predicted molar refractivity (Wildman–Crippen MR) is 182 cm³/mol. The third-order valence-corrected chi connectivity index (χ3v) is 9.18. The molecule has 6 rings (SSSR count). The first-order valence-electron chi connectivity index (χ1n) is 16.6. The molecule has 0 bridgehead atoms. The summed E-state index contributed by atoms with van der Waals surface area (Å²) in [5.41, 5.74) is 6.42. The molecule has 0 radical (unpaired) electrons. The Balaban J connectivity index is 1.39. The Morgan fingerprint density at radius 3 is 2.45 bits per heavy atom. The van der Waals surface area contributed by atoms with Crippen LogP contribution in [0, 0.1) is 5.41 Å². The molecule has 2 aliphatic rings. The zero-order valence-corrected chi connectivity index (χ0v) is 29.7. The van der Waals surface area contributed by atoms with Crippen molar-refractivity contribution >= 4 is 29.6 Å². The van der Waals surface area contributed by atoms with Crippen LogP contribution in [-0.4, -0.2) is 71.4 Å². The van der Waals surface area contributed by atoms with Crippen molar-refractivity contribution in [2.24, 2.45) is 16.1 Å². The van der Waals surface area contributed by atoms with E-state index < -0.39 is 60.1 Å². The third-order valence-electron chi connectivity index (χ3n) is 8.86. The number of carbonyl (C=O) groups is 2. The van der Waals surface area contributed by atoms with Crippen LogP contribution < -0.4 is 11.1 Å². The van der Waals surface area contributed by atoms with Crippen LogP contribution in [0.3, 0.4) is 0 Å². The number of nitrogens with one attached hydrogen (secondary N) is 1. The molecule has 1 saturated carbocycles. The maximum atomic E-state index is 14.9. The number of alkyl carbamates (subject to hydrolysis) is 1. The number of alkyl halides is 5. The number of guanidine groups is 1. The number of nitrogens with two attached hydrogens (primary N) is 1. The van der Waals surface area contributed by atoms with E-state index in [4.69, 9.17) is 27.1 Å². The number of aliphatic imine (C=N–C) groups is 1. The summed E-state index contributed by atoms with van der Waals surface area (Å²) >= 11 is 6.41. The number of carbonyl (C=O) groups excluding carboxylic acids is 2. The summed E-state index contributed by atoms with van der Waals surface area (Å²) < 4.78 is 75.2. The first-order valence-corrected chi connectivity index (χ1v) is 17.0. The van der Waals surface area contributed by atoms with E-state index in [1.807, 2.05) is 31.6 Å². The minimum absolute atomic E-state index is 0.0220. The summed E-state index contributed by atoms with van der Waals surface area (Å²) in [6, 6.07) is 7.91. The molecular weight excluding hydrogens is 727 g/mol. The lowest BCUT2D eigenvalue weighted by atomic mass is 9.75. The highest BCUT2D eigenvalue weighted by atomic mass is 35.5. The second kappa shape index (κ2) is 14.0. The molecule has 1 aliphatic heterocycles. The second-order valence-electron chi connectivity index (χ2n) is 14.2. The van der Waals surface area contributed by atoms with Gasteiger partial charge in [0.05, 0.1) is 29.0 Å². The number of nitrogens with zero attached hydrogens (tertiary/aromatic N) is 8. The lowest BCUT2D eigenvalue weighted by Crippen LogP contribution is -2.48. The topological polar surface area (TPSA) is 158 Å². The molecule has 0 saturated heterocycles. The molecule has 53 heavy (non-hydrogen) atoms. The van der Waals surface area contributed by atoms with Crippen LogP contribution in [-0.2, 0) is 15.1 Å². The Bertz CT molecular complexity index is 2020. The summed E-state index contributed by atoms with van der Waals surface area (Å²) in [5.74, 6) is -1.63. The quantitative estimate of drug-likeness (QED) is 0.161. The Morgan fingerprint density at radius 1 is 1.13 bits per heavy atom. The van der Waals surface area contributed by atoms with E-state index in [0.29, 0.717) is 17.3 Å². The van der Waals surface area contributed by atoms with Crippen molar-refractivity contribution < 1.29 is 36.3 Å². The van der Waals surface area contributed by atoms with Crippen LogP contribution in [0.1, 0.15) is 82.4 Å². The summed E-state index contributed by atoms with van der Waals surface area (Å²) in [6.45, 7) is 5.76. The van der Waals surface area contributed by atoms with Crippen molar-refractivity contribution in [1.82, 2.24) is 40.0 Å². The van der Waals surface area contributed by atoms with Crippen molar-refractivity contribution in [3.05, 3.63) is 77.0 Å². The fraction of sp³-hybridized carbons (Fsp3) is 0.441. The van der Waals surface area contributed by atoms with Gasteiger partial charge in [0.2, 0.25) is 0 Å². The molecule has 3 heterocycles. The van der Waals surface area contributed by atoms with E-state index >= 15 is 0 Å². The molecule has 3 atom stereocenters. The van der Waals surface area contributed by atoms with Crippen LogP contribution in [0.2, 0.25) is 5.02 Å². The summed E-state index contributed by atoms with van der Waals surface area (Å²) in [7, 11) is 0. The van der Waals surface area contributed by atoms with E-state index in [1.54, 1.807) is 29.6 Å². The number of aromatic nitrogens is 6. The average Bonchev–Trinajstić information content (AvgIpc) is 3.49. The fourth-order valence-electron chi connectivity index (χ4n) is 6.18. The van der Waals surface area contributed by atoms with Crippen molar-refractivity contribution in [2.45, 2.75) is 83.2 Å². The molecule has 1 aliphatic carbocycles. The fourth-order valence-corrected chi connectivity index (χ4v) is 6.37. The molecule has 1 unspecified atom stereocenters. The number of amides is 2. The van der Waals surface area contributed by atoms with Gasteiger partial charge in [0, 0.05) is 5.56 Å². The van der Waals surface area contributed by atoms with Gasteiger partial charge in [-0.05, 0) is 54.9 Å². The van der Waals surface area contributed by atoms with Crippen molar-refractivity contribution in [1.29, 1.82) is 0 Å². The highest BCUT2D eigenvalue weighted by Crippen LogP contribution is 2.45.